The summed E-state index contributed by atoms with van der Waals surface area (Å²) in [4.78, 5) is 23.6. The molecule has 142 valence electrons. The standard InChI is InChI=1S/C18H15IO7S/c1-11(2)17(20)25-10-13-4-3-5-15(19)16(13)26-18(21)12-6-8-14(9-7-12)27(22,23)24/h3-9H,1,10H2,2H3,(H,22,23,24). The number of benzene rings is 2. The quantitative estimate of drug-likeness (QED) is 0.212. The second-order valence-corrected chi connectivity index (χ2v) is 8.06. The van der Waals surface area contributed by atoms with Gasteiger partial charge in [-0.2, -0.15) is 8.42 Å². The molecule has 0 bridgehead atoms. The molecule has 2 aromatic carbocycles. The van der Waals surface area contributed by atoms with Crippen LogP contribution in [-0.2, 0) is 26.3 Å². The van der Waals surface area contributed by atoms with Crippen LogP contribution in [0.1, 0.15) is 22.8 Å². The Hall–Kier alpha value is -2.24. The van der Waals surface area contributed by atoms with Gasteiger partial charge >= 0.3 is 11.9 Å². The molecule has 0 heterocycles. The molecule has 0 atom stereocenters. The van der Waals surface area contributed by atoms with Crippen molar-refractivity contribution in [1.29, 1.82) is 0 Å². The van der Waals surface area contributed by atoms with Crippen LogP contribution in [-0.4, -0.2) is 24.9 Å². The number of halogens is 1. The van der Waals surface area contributed by atoms with Gasteiger partial charge in [-0.25, -0.2) is 9.59 Å². The summed E-state index contributed by atoms with van der Waals surface area (Å²) >= 11 is 1.98. The van der Waals surface area contributed by atoms with E-state index in [1.54, 1.807) is 18.2 Å². The van der Waals surface area contributed by atoms with Gasteiger partial charge in [0.25, 0.3) is 10.1 Å². The molecule has 0 saturated carbocycles. The van der Waals surface area contributed by atoms with Crippen molar-refractivity contribution in [2.24, 2.45) is 0 Å². The van der Waals surface area contributed by atoms with Crippen molar-refractivity contribution in [3.05, 3.63) is 69.3 Å². The molecule has 2 rings (SSSR count). The van der Waals surface area contributed by atoms with E-state index in [1.807, 2.05) is 22.6 Å². The molecule has 0 saturated heterocycles. The monoisotopic (exact) mass is 502 g/mol. The van der Waals surface area contributed by atoms with Crippen LogP contribution < -0.4 is 4.74 Å². The van der Waals surface area contributed by atoms with Gasteiger partial charge in [0.15, 0.2) is 5.75 Å². The van der Waals surface area contributed by atoms with Crippen LogP contribution in [0.5, 0.6) is 5.75 Å². The average Bonchev–Trinajstić information content (AvgIpc) is 2.61. The van der Waals surface area contributed by atoms with Crippen LogP contribution in [0.4, 0.5) is 0 Å². The Morgan fingerprint density at radius 1 is 1.15 bits per heavy atom. The van der Waals surface area contributed by atoms with Gasteiger partial charge in [-0.1, -0.05) is 18.7 Å². The lowest BCUT2D eigenvalue weighted by Gasteiger charge is -2.12. The SMILES string of the molecule is C=C(C)C(=O)OCc1cccc(I)c1OC(=O)c1ccc(S(=O)(=O)O)cc1. The van der Waals surface area contributed by atoms with Crippen LogP contribution in [0.25, 0.3) is 0 Å². The number of hydrogen-bond acceptors (Lipinski definition) is 6. The lowest BCUT2D eigenvalue weighted by atomic mass is 10.2. The highest BCUT2D eigenvalue weighted by atomic mass is 127. The summed E-state index contributed by atoms with van der Waals surface area (Å²) in [6.45, 7) is 4.92. The summed E-state index contributed by atoms with van der Waals surface area (Å²) in [6, 6.07) is 9.73. The maximum Gasteiger partial charge on any atom is 0.343 e. The normalized spacial score (nSPS) is 10.9. The highest BCUT2D eigenvalue weighted by molar-refractivity contribution is 14.1. The summed E-state index contributed by atoms with van der Waals surface area (Å²) in [5.41, 5.74) is 0.824. The molecule has 0 aliphatic rings. The van der Waals surface area contributed by atoms with Gasteiger partial charge in [0, 0.05) is 11.1 Å². The van der Waals surface area contributed by atoms with Crippen molar-refractivity contribution >= 4 is 44.6 Å². The van der Waals surface area contributed by atoms with E-state index in [4.69, 9.17) is 14.0 Å². The molecule has 0 radical (unpaired) electrons. The number of ether oxygens (including phenoxy) is 2. The fourth-order valence-corrected chi connectivity index (χ4v) is 3.11. The van der Waals surface area contributed by atoms with Gasteiger partial charge in [-0.3, -0.25) is 4.55 Å². The van der Waals surface area contributed by atoms with Crippen LogP contribution in [0.15, 0.2) is 59.5 Å². The first-order valence-electron chi connectivity index (χ1n) is 7.49. The van der Waals surface area contributed by atoms with E-state index >= 15 is 0 Å². The minimum Gasteiger partial charge on any atom is -0.457 e. The van der Waals surface area contributed by atoms with Crippen LogP contribution in [0.3, 0.4) is 0 Å². The van der Waals surface area contributed by atoms with Crippen molar-refractivity contribution in [3.8, 4) is 5.75 Å². The fourth-order valence-electron chi connectivity index (χ4n) is 1.96. The molecular weight excluding hydrogens is 487 g/mol. The first-order valence-corrected chi connectivity index (χ1v) is 10.0. The van der Waals surface area contributed by atoms with Crippen LogP contribution >= 0.6 is 22.6 Å². The molecule has 2 aromatic rings. The molecule has 0 unspecified atom stereocenters. The van der Waals surface area contributed by atoms with E-state index < -0.39 is 22.1 Å². The van der Waals surface area contributed by atoms with Gasteiger partial charge in [-0.15, -0.1) is 0 Å². The Labute approximate surface area is 169 Å². The highest BCUT2D eigenvalue weighted by Gasteiger charge is 2.17. The predicted octanol–water partition coefficient (Wildman–Crippen LogP) is 3.38. The van der Waals surface area contributed by atoms with E-state index in [-0.39, 0.29) is 28.4 Å². The molecular formula is C18H15IO7S. The van der Waals surface area contributed by atoms with Crippen LogP contribution in [0, 0.1) is 3.57 Å². The topological polar surface area (TPSA) is 107 Å². The molecule has 0 amide bonds. The zero-order valence-electron chi connectivity index (χ0n) is 14.1. The molecule has 0 aromatic heterocycles. The minimum absolute atomic E-state index is 0.0898. The second-order valence-electron chi connectivity index (χ2n) is 5.47. The van der Waals surface area contributed by atoms with Crippen LogP contribution in [0.2, 0.25) is 0 Å². The van der Waals surface area contributed by atoms with Crippen molar-refractivity contribution in [2.75, 3.05) is 0 Å². The third-order valence-corrected chi connectivity index (χ3v) is 5.06. The molecule has 0 aliphatic carbocycles. The number of para-hydroxylation sites is 1. The Bertz CT molecular complexity index is 995. The van der Waals surface area contributed by atoms with Crippen molar-refractivity contribution < 1.29 is 32.0 Å². The smallest absolute Gasteiger partial charge is 0.343 e. The van der Waals surface area contributed by atoms with Crippen molar-refractivity contribution in [2.45, 2.75) is 18.4 Å². The van der Waals surface area contributed by atoms with Gasteiger partial charge in [0.1, 0.15) is 6.61 Å². The minimum atomic E-state index is -4.35. The van der Waals surface area contributed by atoms with Crippen molar-refractivity contribution in [3.63, 3.8) is 0 Å². The first kappa shape index (κ1) is 21.1. The Kier molecular flexibility index (Phi) is 6.73. The van der Waals surface area contributed by atoms with E-state index in [1.165, 1.54) is 19.1 Å². The molecule has 1 N–H and O–H groups in total. The zero-order chi connectivity index (χ0) is 20.2. The molecule has 9 heteroatoms. The lowest BCUT2D eigenvalue weighted by molar-refractivity contribution is -0.140. The number of rotatable bonds is 6. The summed E-state index contributed by atoms with van der Waals surface area (Å²) in [5.74, 6) is -1.06. The van der Waals surface area contributed by atoms with E-state index in [2.05, 4.69) is 6.58 Å². The largest absolute Gasteiger partial charge is 0.457 e. The van der Waals surface area contributed by atoms with Crippen molar-refractivity contribution in [1.82, 2.24) is 0 Å². The predicted molar refractivity (Wildman–Crippen MR) is 105 cm³/mol. The van der Waals surface area contributed by atoms with Gasteiger partial charge in [0.2, 0.25) is 0 Å². The molecule has 0 spiro atoms. The molecule has 7 nitrogen and oxygen atoms in total. The lowest BCUT2D eigenvalue weighted by Crippen LogP contribution is -2.12. The number of hydrogen-bond donors (Lipinski definition) is 1. The van der Waals surface area contributed by atoms with E-state index in [9.17, 15) is 18.0 Å². The molecule has 27 heavy (non-hydrogen) atoms. The molecule has 0 fully saturated rings. The Morgan fingerprint density at radius 3 is 2.33 bits per heavy atom. The highest BCUT2D eigenvalue weighted by Crippen LogP contribution is 2.27. The van der Waals surface area contributed by atoms with Gasteiger partial charge < -0.3 is 9.47 Å². The molecule has 0 aliphatic heterocycles. The van der Waals surface area contributed by atoms with E-state index in [0.717, 1.165) is 12.1 Å². The Balaban J connectivity index is 2.22. The summed E-state index contributed by atoms with van der Waals surface area (Å²) in [7, 11) is -4.35. The third-order valence-electron chi connectivity index (χ3n) is 3.34. The maximum absolute atomic E-state index is 12.4. The van der Waals surface area contributed by atoms with Gasteiger partial charge in [-0.05, 0) is 59.8 Å². The first-order chi connectivity index (χ1) is 12.6. The second kappa shape index (κ2) is 8.63. The summed E-state index contributed by atoms with van der Waals surface area (Å²) in [6.07, 6.45) is 0. The third kappa shape index (κ3) is 5.62. The number of carbonyl (C=O) groups excluding carboxylic acids is 2. The van der Waals surface area contributed by atoms with Gasteiger partial charge in [0.05, 0.1) is 14.0 Å². The number of carbonyl (C=O) groups is 2. The zero-order valence-corrected chi connectivity index (χ0v) is 17.1. The number of esters is 2. The maximum atomic E-state index is 12.4. The summed E-state index contributed by atoms with van der Waals surface area (Å²) < 4.78 is 42.2. The average molecular weight is 502 g/mol. The fraction of sp³-hybridized carbons (Fsp3) is 0.111. The summed E-state index contributed by atoms with van der Waals surface area (Å²) in [5, 5.41) is 0. The Morgan fingerprint density at radius 2 is 1.78 bits per heavy atom. The van der Waals surface area contributed by atoms with E-state index in [0.29, 0.717) is 9.13 Å².